The van der Waals surface area contributed by atoms with E-state index >= 15 is 0 Å². The second kappa shape index (κ2) is 7.22. The molecule has 1 rings (SSSR count). The first-order valence-electron chi connectivity index (χ1n) is 6.19. The van der Waals surface area contributed by atoms with Crippen LogP contribution in [-0.4, -0.2) is 44.3 Å². The molecule has 0 aromatic heterocycles. The molecule has 0 atom stereocenters. The van der Waals surface area contributed by atoms with Crippen LogP contribution in [0.2, 0.25) is 0 Å². The molecule has 1 fully saturated rings. The zero-order valence-electron chi connectivity index (χ0n) is 10.5. The fourth-order valence-electron chi connectivity index (χ4n) is 2.25. The minimum absolute atomic E-state index is 0.227. The lowest BCUT2D eigenvalue weighted by Crippen LogP contribution is -2.43. The Morgan fingerprint density at radius 1 is 1.12 bits per heavy atom. The van der Waals surface area contributed by atoms with Gasteiger partial charge in [0.25, 0.3) is 0 Å². The summed E-state index contributed by atoms with van der Waals surface area (Å²) >= 11 is 0. The minimum Gasteiger partial charge on any atom is -0.389 e. The Morgan fingerprint density at radius 3 is 2.19 bits per heavy atom. The summed E-state index contributed by atoms with van der Waals surface area (Å²) in [4.78, 5) is 0. The van der Waals surface area contributed by atoms with Crippen molar-refractivity contribution in [3.63, 3.8) is 0 Å². The van der Waals surface area contributed by atoms with Crippen molar-refractivity contribution in [1.29, 1.82) is 0 Å². The first kappa shape index (κ1) is 13.9. The largest absolute Gasteiger partial charge is 0.389 e. The highest BCUT2D eigenvalue weighted by Crippen LogP contribution is 2.26. The van der Waals surface area contributed by atoms with E-state index in [1.54, 1.807) is 14.2 Å². The Hall–Kier alpha value is -0.160. The SMILES string of the molecule is COC(CNCC1(O)CCCCCC1)OC. The summed E-state index contributed by atoms with van der Waals surface area (Å²) < 4.78 is 10.2. The second-order valence-electron chi connectivity index (χ2n) is 4.67. The van der Waals surface area contributed by atoms with Gasteiger partial charge in [0.05, 0.1) is 5.60 Å². The van der Waals surface area contributed by atoms with Crippen molar-refractivity contribution in [2.24, 2.45) is 0 Å². The molecular formula is C12H25NO3. The van der Waals surface area contributed by atoms with Crippen LogP contribution in [0.25, 0.3) is 0 Å². The smallest absolute Gasteiger partial charge is 0.169 e. The van der Waals surface area contributed by atoms with Crippen molar-refractivity contribution in [2.45, 2.75) is 50.4 Å². The number of methoxy groups -OCH3 is 2. The van der Waals surface area contributed by atoms with Crippen molar-refractivity contribution in [3.8, 4) is 0 Å². The van der Waals surface area contributed by atoms with Gasteiger partial charge in [0.2, 0.25) is 0 Å². The first-order chi connectivity index (χ1) is 7.70. The summed E-state index contributed by atoms with van der Waals surface area (Å²) in [5, 5.41) is 13.6. The zero-order chi connectivity index (χ0) is 11.9. The third-order valence-electron chi connectivity index (χ3n) is 3.33. The van der Waals surface area contributed by atoms with E-state index in [2.05, 4.69) is 5.32 Å². The van der Waals surface area contributed by atoms with Crippen molar-refractivity contribution in [3.05, 3.63) is 0 Å². The highest BCUT2D eigenvalue weighted by atomic mass is 16.7. The molecule has 0 unspecified atom stereocenters. The molecule has 1 aliphatic rings. The zero-order valence-corrected chi connectivity index (χ0v) is 10.5. The summed E-state index contributed by atoms with van der Waals surface area (Å²) in [6.45, 7) is 1.26. The normalized spacial score (nSPS) is 21.0. The summed E-state index contributed by atoms with van der Waals surface area (Å²) in [5.41, 5.74) is -0.525. The molecule has 0 spiro atoms. The topological polar surface area (TPSA) is 50.7 Å². The van der Waals surface area contributed by atoms with Crippen LogP contribution in [0.3, 0.4) is 0 Å². The van der Waals surface area contributed by atoms with E-state index in [1.165, 1.54) is 12.8 Å². The van der Waals surface area contributed by atoms with Gasteiger partial charge in [-0.1, -0.05) is 25.7 Å². The second-order valence-corrected chi connectivity index (χ2v) is 4.67. The Labute approximate surface area is 98.3 Å². The summed E-state index contributed by atoms with van der Waals surface area (Å²) in [6, 6.07) is 0. The van der Waals surface area contributed by atoms with Crippen molar-refractivity contribution >= 4 is 0 Å². The Kier molecular flexibility index (Phi) is 6.28. The van der Waals surface area contributed by atoms with E-state index in [1.807, 2.05) is 0 Å². The Bertz CT molecular complexity index is 175. The Balaban J connectivity index is 2.23. The van der Waals surface area contributed by atoms with Crippen LogP contribution in [0.15, 0.2) is 0 Å². The van der Waals surface area contributed by atoms with Gasteiger partial charge in [0.1, 0.15) is 0 Å². The van der Waals surface area contributed by atoms with E-state index < -0.39 is 5.60 Å². The van der Waals surface area contributed by atoms with Crippen LogP contribution in [0.1, 0.15) is 38.5 Å². The molecule has 16 heavy (non-hydrogen) atoms. The molecule has 0 aromatic rings. The monoisotopic (exact) mass is 231 g/mol. The van der Waals surface area contributed by atoms with Crippen LogP contribution < -0.4 is 5.32 Å². The number of aliphatic hydroxyl groups is 1. The molecule has 4 nitrogen and oxygen atoms in total. The van der Waals surface area contributed by atoms with Crippen molar-refractivity contribution in [2.75, 3.05) is 27.3 Å². The predicted molar refractivity (Wildman–Crippen MR) is 63.3 cm³/mol. The Morgan fingerprint density at radius 2 is 1.69 bits per heavy atom. The van der Waals surface area contributed by atoms with E-state index in [0.717, 1.165) is 25.7 Å². The van der Waals surface area contributed by atoms with Crippen molar-refractivity contribution < 1.29 is 14.6 Å². The van der Waals surface area contributed by atoms with Gasteiger partial charge in [-0.2, -0.15) is 0 Å². The van der Waals surface area contributed by atoms with E-state index in [0.29, 0.717) is 13.1 Å². The maximum Gasteiger partial charge on any atom is 0.169 e. The first-order valence-corrected chi connectivity index (χ1v) is 6.19. The summed E-state index contributed by atoms with van der Waals surface area (Å²) in [5.74, 6) is 0. The average Bonchev–Trinajstić information content (AvgIpc) is 2.50. The molecular weight excluding hydrogens is 206 g/mol. The molecule has 1 saturated carbocycles. The van der Waals surface area contributed by atoms with Gasteiger partial charge in [-0.15, -0.1) is 0 Å². The fourth-order valence-corrected chi connectivity index (χ4v) is 2.25. The summed E-state index contributed by atoms with van der Waals surface area (Å²) in [6.07, 6.45) is 6.36. The number of ether oxygens (including phenoxy) is 2. The third kappa shape index (κ3) is 4.78. The van der Waals surface area contributed by atoms with Crippen LogP contribution in [0, 0.1) is 0 Å². The number of rotatable bonds is 6. The van der Waals surface area contributed by atoms with Crippen LogP contribution in [0.4, 0.5) is 0 Å². The van der Waals surface area contributed by atoms with E-state index in [4.69, 9.17) is 9.47 Å². The average molecular weight is 231 g/mol. The van der Waals surface area contributed by atoms with Gasteiger partial charge in [0.15, 0.2) is 6.29 Å². The van der Waals surface area contributed by atoms with Gasteiger partial charge in [-0.25, -0.2) is 0 Å². The molecule has 0 heterocycles. The molecule has 0 bridgehead atoms. The third-order valence-corrected chi connectivity index (χ3v) is 3.33. The quantitative estimate of drug-likeness (QED) is 0.534. The number of hydrogen-bond donors (Lipinski definition) is 2. The molecule has 96 valence electrons. The highest BCUT2D eigenvalue weighted by molar-refractivity contribution is 4.83. The minimum atomic E-state index is -0.525. The predicted octanol–water partition coefficient (Wildman–Crippen LogP) is 1.28. The lowest BCUT2D eigenvalue weighted by atomic mass is 9.94. The highest BCUT2D eigenvalue weighted by Gasteiger charge is 2.27. The lowest BCUT2D eigenvalue weighted by molar-refractivity contribution is -0.101. The van der Waals surface area contributed by atoms with E-state index in [-0.39, 0.29) is 6.29 Å². The van der Waals surface area contributed by atoms with Gasteiger partial charge < -0.3 is 19.9 Å². The maximum atomic E-state index is 10.4. The lowest BCUT2D eigenvalue weighted by Gasteiger charge is -2.27. The van der Waals surface area contributed by atoms with Crippen molar-refractivity contribution in [1.82, 2.24) is 5.32 Å². The van der Waals surface area contributed by atoms with Crippen LogP contribution in [-0.2, 0) is 9.47 Å². The molecule has 0 aromatic carbocycles. The molecule has 0 aliphatic heterocycles. The maximum absolute atomic E-state index is 10.4. The molecule has 0 radical (unpaired) electrons. The molecule has 2 N–H and O–H groups in total. The van der Waals surface area contributed by atoms with Gasteiger partial charge >= 0.3 is 0 Å². The molecule has 0 saturated heterocycles. The van der Waals surface area contributed by atoms with Crippen LogP contribution in [0.5, 0.6) is 0 Å². The molecule has 4 heteroatoms. The number of nitrogens with one attached hydrogen (secondary N) is 1. The molecule has 0 amide bonds. The van der Waals surface area contributed by atoms with Gasteiger partial charge in [-0.05, 0) is 12.8 Å². The van der Waals surface area contributed by atoms with Gasteiger partial charge in [-0.3, -0.25) is 0 Å². The fraction of sp³-hybridized carbons (Fsp3) is 1.00. The van der Waals surface area contributed by atoms with Gasteiger partial charge in [0, 0.05) is 27.3 Å². The molecule has 1 aliphatic carbocycles. The number of hydrogen-bond acceptors (Lipinski definition) is 4. The van der Waals surface area contributed by atoms with E-state index in [9.17, 15) is 5.11 Å². The van der Waals surface area contributed by atoms with Crippen LogP contribution >= 0.6 is 0 Å². The standard InChI is InChI=1S/C12H25NO3/c1-15-11(16-2)9-13-10-12(14)7-5-3-4-6-8-12/h11,13-14H,3-10H2,1-2H3. The summed E-state index contributed by atoms with van der Waals surface area (Å²) in [7, 11) is 3.24.